The molecule has 1 aliphatic carbocycles. The van der Waals surface area contributed by atoms with E-state index >= 15 is 0 Å². The van der Waals surface area contributed by atoms with Crippen LogP contribution in [-0.4, -0.2) is 36.0 Å². The molecule has 0 aliphatic heterocycles. The van der Waals surface area contributed by atoms with E-state index in [0.29, 0.717) is 12.0 Å². The zero-order valence-electron chi connectivity index (χ0n) is 15.3. The number of hydrogen-bond donors (Lipinski definition) is 2. The molecular weight excluding hydrogens is 411 g/mol. The van der Waals surface area contributed by atoms with Gasteiger partial charge in [-0.15, -0.1) is 24.0 Å². The Kier molecular flexibility index (Phi) is 9.05. The fraction of sp³-hybridized carbons (Fsp3) is 0.632. The Morgan fingerprint density at radius 2 is 1.79 bits per heavy atom. The van der Waals surface area contributed by atoms with Crippen molar-refractivity contribution in [3.63, 3.8) is 0 Å². The normalized spacial score (nSPS) is 18.0. The molecule has 0 amide bonds. The van der Waals surface area contributed by atoms with Crippen molar-refractivity contribution in [3.05, 3.63) is 35.9 Å². The number of nitrogens with one attached hydrogen (secondary N) is 1. The minimum absolute atomic E-state index is 0. The Hall–Kier alpha value is -0.820. The highest BCUT2D eigenvalue weighted by Gasteiger charge is 2.35. The van der Waals surface area contributed by atoms with E-state index in [1.807, 2.05) is 0 Å². The lowest BCUT2D eigenvalue weighted by atomic mass is 9.95. The van der Waals surface area contributed by atoms with Crippen molar-refractivity contribution >= 4 is 29.9 Å². The number of aliphatic imine (C=N–C) groups is 1. The topological polar surface area (TPSA) is 53.6 Å². The predicted molar refractivity (Wildman–Crippen MR) is 114 cm³/mol. The molecule has 0 saturated heterocycles. The molecule has 0 heterocycles. The zero-order chi connectivity index (χ0) is 16.7. The zero-order valence-corrected chi connectivity index (χ0v) is 17.6. The minimum atomic E-state index is 0. The van der Waals surface area contributed by atoms with Gasteiger partial charge in [-0.25, -0.2) is 0 Å². The summed E-state index contributed by atoms with van der Waals surface area (Å²) >= 11 is 0. The minimum Gasteiger partial charge on any atom is -0.370 e. The van der Waals surface area contributed by atoms with E-state index in [9.17, 15) is 0 Å². The van der Waals surface area contributed by atoms with E-state index in [1.165, 1.54) is 31.2 Å². The first-order valence-electron chi connectivity index (χ1n) is 8.97. The molecule has 1 aliphatic rings. The van der Waals surface area contributed by atoms with E-state index in [2.05, 4.69) is 61.3 Å². The van der Waals surface area contributed by atoms with Crippen LogP contribution in [0.15, 0.2) is 35.3 Å². The molecule has 1 unspecified atom stereocenters. The van der Waals surface area contributed by atoms with Crippen LogP contribution in [0.25, 0.3) is 0 Å². The van der Waals surface area contributed by atoms with Crippen molar-refractivity contribution in [1.29, 1.82) is 0 Å². The summed E-state index contributed by atoms with van der Waals surface area (Å²) in [5, 5.41) is 3.86. The van der Waals surface area contributed by atoms with Crippen molar-refractivity contribution in [2.75, 3.05) is 19.6 Å². The van der Waals surface area contributed by atoms with E-state index in [-0.39, 0.29) is 29.5 Å². The van der Waals surface area contributed by atoms with Crippen molar-refractivity contribution < 1.29 is 0 Å². The van der Waals surface area contributed by atoms with Gasteiger partial charge >= 0.3 is 0 Å². The molecule has 3 N–H and O–H groups in total. The lowest BCUT2D eigenvalue weighted by Crippen LogP contribution is -2.48. The number of benzene rings is 1. The van der Waals surface area contributed by atoms with Crippen LogP contribution in [0.2, 0.25) is 0 Å². The smallest absolute Gasteiger partial charge is 0.191 e. The van der Waals surface area contributed by atoms with Gasteiger partial charge in [-0.2, -0.15) is 0 Å². The van der Waals surface area contributed by atoms with Gasteiger partial charge in [-0.1, -0.05) is 43.2 Å². The molecule has 0 radical (unpaired) electrons. The SMILES string of the molecule is CCN(CC)C(N)=NCC1(NC(C)c2ccccc2)CCCC1.I. The van der Waals surface area contributed by atoms with Crippen LogP contribution < -0.4 is 11.1 Å². The predicted octanol–water partition coefficient (Wildman–Crippen LogP) is 3.92. The van der Waals surface area contributed by atoms with Gasteiger partial charge in [0.05, 0.1) is 6.54 Å². The van der Waals surface area contributed by atoms with Crippen LogP contribution in [0.1, 0.15) is 58.1 Å². The number of halogens is 1. The largest absolute Gasteiger partial charge is 0.370 e. The summed E-state index contributed by atoms with van der Waals surface area (Å²) < 4.78 is 0. The van der Waals surface area contributed by atoms with E-state index in [1.54, 1.807) is 0 Å². The Morgan fingerprint density at radius 3 is 2.33 bits per heavy atom. The standard InChI is InChI=1S/C19H32N4.HI/c1-4-23(5-2)18(20)21-15-19(13-9-10-14-19)22-16(3)17-11-7-6-8-12-17;/h6-8,11-12,16,22H,4-5,9-10,13-15H2,1-3H3,(H2,20,21);1H. The third kappa shape index (κ3) is 5.62. The molecule has 5 heteroatoms. The highest BCUT2D eigenvalue weighted by atomic mass is 127. The van der Waals surface area contributed by atoms with Crippen molar-refractivity contribution in [1.82, 2.24) is 10.2 Å². The van der Waals surface area contributed by atoms with Gasteiger partial charge in [-0.05, 0) is 39.2 Å². The van der Waals surface area contributed by atoms with E-state index < -0.39 is 0 Å². The molecule has 2 rings (SSSR count). The fourth-order valence-corrected chi connectivity index (χ4v) is 3.56. The quantitative estimate of drug-likeness (QED) is 0.381. The monoisotopic (exact) mass is 444 g/mol. The lowest BCUT2D eigenvalue weighted by molar-refractivity contribution is 0.306. The summed E-state index contributed by atoms with van der Waals surface area (Å²) in [5.41, 5.74) is 7.59. The maximum atomic E-state index is 6.17. The Labute approximate surface area is 164 Å². The van der Waals surface area contributed by atoms with Gasteiger partial charge in [-0.3, -0.25) is 4.99 Å². The Balaban J connectivity index is 0.00000288. The van der Waals surface area contributed by atoms with Crippen molar-refractivity contribution in [2.24, 2.45) is 10.7 Å². The second-order valence-corrected chi connectivity index (χ2v) is 6.61. The third-order valence-corrected chi connectivity index (χ3v) is 5.01. The Morgan fingerprint density at radius 1 is 1.21 bits per heavy atom. The third-order valence-electron chi connectivity index (χ3n) is 5.01. The lowest BCUT2D eigenvalue weighted by Gasteiger charge is -2.33. The van der Waals surface area contributed by atoms with Gasteiger partial charge in [0.25, 0.3) is 0 Å². The molecule has 0 aromatic heterocycles. The summed E-state index contributed by atoms with van der Waals surface area (Å²) in [6.45, 7) is 9.07. The van der Waals surface area contributed by atoms with Crippen LogP contribution in [0.3, 0.4) is 0 Å². The molecule has 136 valence electrons. The number of nitrogens with zero attached hydrogens (tertiary/aromatic N) is 2. The maximum absolute atomic E-state index is 6.17. The highest BCUT2D eigenvalue weighted by molar-refractivity contribution is 14.0. The van der Waals surface area contributed by atoms with Gasteiger partial charge in [0.2, 0.25) is 0 Å². The maximum Gasteiger partial charge on any atom is 0.191 e. The summed E-state index contributed by atoms with van der Waals surface area (Å²) in [4.78, 5) is 6.84. The molecule has 1 fully saturated rings. The average Bonchev–Trinajstić information content (AvgIpc) is 3.04. The molecule has 0 bridgehead atoms. The van der Waals surface area contributed by atoms with Crippen LogP contribution in [0.4, 0.5) is 0 Å². The highest BCUT2D eigenvalue weighted by Crippen LogP contribution is 2.32. The van der Waals surface area contributed by atoms with Gasteiger partial charge in [0.1, 0.15) is 0 Å². The van der Waals surface area contributed by atoms with Crippen LogP contribution in [-0.2, 0) is 0 Å². The molecule has 1 atom stereocenters. The first-order chi connectivity index (χ1) is 11.1. The van der Waals surface area contributed by atoms with Gasteiger partial charge < -0.3 is 16.0 Å². The first-order valence-corrected chi connectivity index (χ1v) is 8.97. The van der Waals surface area contributed by atoms with E-state index in [0.717, 1.165) is 19.6 Å². The second kappa shape index (κ2) is 10.2. The number of guanidine groups is 1. The number of nitrogens with two attached hydrogens (primary N) is 1. The second-order valence-electron chi connectivity index (χ2n) is 6.61. The van der Waals surface area contributed by atoms with Crippen LogP contribution in [0.5, 0.6) is 0 Å². The summed E-state index contributed by atoms with van der Waals surface area (Å²) in [7, 11) is 0. The van der Waals surface area contributed by atoms with Crippen molar-refractivity contribution in [2.45, 2.75) is 58.0 Å². The molecule has 0 spiro atoms. The molecule has 1 saturated carbocycles. The Bertz CT molecular complexity index is 493. The molecule has 1 aromatic rings. The van der Waals surface area contributed by atoms with Crippen molar-refractivity contribution in [3.8, 4) is 0 Å². The molecule has 24 heavy (non-hydrogen) atoms. The average molecular weight is 444 g/mol. The summed E-state index contributed by atoms with van der Waals surface area (Å²) in [6, 6.07) is 11.0. The molecule has 4 nitrogen and oxygen atoms in total. The first kappa shape index (κ1) is 21.2. The van der Waals surface area contributed by atoms with Crippen LogP contribution in [0, 0.1) is 0 Å². The van der Waals surface area contributed by atoms with Gasteiger partial charge in [0, 0.05) is 24.7 Å². The summed E-state index contributed by atoms with van der Waals surface area (Å²) in [6.07, 6.45) is 4.91. The number of hydrogen-bond acceptors (Lipinski definition) is 2. The molecule has 1 aromatic carbocycles. The van der Waals surface area contributed by atoms with Gasteiger partial charge in [0.15, 0.2) is 5.96 Å². The number of rotatable bonds is 7. The fourth-order valence-electron chi connectivity index (χ4n) is 3.56. The summed E-state index contributed by atoms with van der Waals surface area (Å²) in [5.74, 6) is 0.676. The van der Waals surface area contributed by atoms with Crippen LogP contribution >= 0.6 is 24.0 Å². The molecular formula is C19H33IN4. The van der Waals surface area contributed by atoms with E-state index in [4.69, 9.17) is 10.7 Å².